The Kier molecular flexibility index (Phi) is 8.12. The number of rotatable bonds is 5. The molecule has 1 heterocycles. The van der Waals surface area contributed by atoms with Gasteiger partial charge in [0.05, 0.1) is 6.54 Å². The van der Waals surface area contributed by atoms with Crippen LogP contribution < -0.4 is 10.2 Å². The SMILES string of the molecule is CN1CCN(CC=O)CC1.CNc1ccc(N(C)c2ccccc2)cc1. The largest absolute Gasteiger partial charge is 0.388 e. The molecule has 5 nitrogen and oxygen atoms in total. The number of benzene rings is 2. The van der Waals surface area contributed by atoms with Gasteiger partial charge in [-0.2, -0.15) is 0 Å². The molecule has 5 heteroatoms. The number of piperazine rings is 1. The maximum absolute atomic E-state index is 10.1. The Labute approximate surface area is 157 Å². The van der Waals surface area contributed by atoms with Crippen molar-refractivity contribution in [3.05, 3.63) is 54.6 Å². The molecule has 0 atom stereocenters. The van der Waals surface area contributed by atoms with Crippen LogP contribution in [-0.2, 0) is 4.79 Å². The van der Waals surface area contributed by atoms with Crippen LogP contribution in [0.2, 0.25) is 0 Å². The summed E-state index contributed by atoms with van der Waals surface area (Å²) >= 11 is 0. The minimum atomic E-state index is 0.605. The van der Waals surface area contributed by atoms with Gasteiger partial charge in [0.2, 0.25) is 0 Å². The first-order valence-electron chi connectivity index (χ1n) is 9.05. The average Bonchev–Trinajstić information content (AvgIpc) is 2.71. The van der Waals surface area contributed by atoms with Crippen molar-refractivity contribution in [1.82, 2.24) is 9.80 Å². The number of nitrogens with zero attached hydrogens (tertiary/aromatic N) is 3. The van der Waals surface area contributed by atoms with Crippen molar-refractivity contribution in [2.75, 3.05) is 64.1 Å². The lowest BCUT2D eigenvalue weighted by Gasteiger charge is -2.30. The number of carbonyl (C=O) groups is 1. The monoisotopic (exact) mass is 354 g/mol. The number of carbonyl (C=O) groups excluding carboxylic acids is 1. The van der Waals surface area contributed by atoms with Gasteiger partial charge in [-0.15, -0.1) is 0 Å². The van der Waals surface area contributed by atoms with Crippen LogP contribution in [-0.4, -0.2) is 70.0 Å². The second-order valence-corrected chi connectivity index (χ2v) is 6.46. The quantitative estimate of drug-likeness (QED) is 0.836. The molecule has 1 aliphatic heterocycles. The third-order valence-electron chi connectivity index (χ3n) is 4.62. The van der Waals surface area contributed by atoms with Crippen molar-refractivity contribution in [2.24, 2.45) is 0 Å². The Morgan fingerprint density at radius 2 is 1.54 bits per heavy atom. The van der Waals surface area contributed by atoms with Crippen LogP contribution in [0, 0.1) is 0 Å². The molecule has 1 aliphatic rings. The zero-order valence-corrected chi connectivity index (χ0v) is 16.1. The van der Waals surface area contributed by atoms with Crippen molar-refractivity contribution >= 4 is 23.3 Å². The van der Waals surface area contributed by atoms with E-state index in [1.165, 1.54) is 11.4 Å². The Morgan fingerprint density at radius 1 is 0.962 bits per heavy atom. The van der Waals surface area contributed by atoms with Crippen LogP contribution in [0.25, 0.3) is 0 Å². The van der Waals surface area contributed by atoms with E-state index in [2.05, 4.69) is 70.5 Å². The van der Waals surface area contributed by atoms with Gasteiger partial charge in [-0.25, -0.2) is 0 Å². The van der Waals surface area contributed by atoms with Gasteiger partial charge in [0.15, 0.2) is 0 Å². The lowest BCUT2D eigenvalue weighted by molar-refractivity contribution is -0.109. The van der Waals surface area contributed by atoms with Crippen molar-refractivity contribution in [1.29, 1.82) is 0 Å². The van der Waals surface area contributed by atoms with Crippen molar-refractivity contribution in [3.63, 3.8) is 0 Å². The average molecular weight is 354 g/mol. The zero-order chi connectivity index (χ0) is 18.8. The molecule has 0 spiro atoms. The normalized spacial score (nSPS) is 14.9. The first kappa shape index (κ1) is 19.9. The van der Waals surface area contributed by atoms with E-state index in [1.807, 2.05) is 25.2 Å². The molecule has 140 valence electrons. The predicted octanol–water partition coefficient (Wildman–Crippen LogP) is 2.93. The second kappa shape index (κ2) is 10.6. The fourth-order valence-corrected chi connectivity index (χ4v) is 2.79. The molecule has 0 radical (unpaired) electrons. The third kappa shape index (κ3) is 6.17. The fourth-order valence-electron chi connectivity index (χ4n) is 2.79. The zero-order valence-electron chi connectivity index (χ0n) is 16.1. The van der Waals surface area contributed by atoms with E-state index in [1.54, 1.807) is 0 Å². The number of likely N-dealkylation sites (N-methyl/N-ethyl adjacent to an activating group) is 1. The molecule has 1 N–H and O–H groups in total. The summed E-state index contributed by atoms with van der Waals surface area (Å²) in [7, 11) is 6.11. The summed E-state index contributed by atoms with van der Waals surface area (Å²) in [5, 5.41) is 3.11. The number of anilines is 3. The van der Waals surface area contributed by atoms with Gasteiger partial charge < -0.3 is 19.9 Å². The number of nitrogens with one attached hydrogen (secondary N) is 1. The molecule has 1 fully saturated rings. The highest BCUT2D eigenvalue weighted by molar-refractivity contribution is 5.64. The summed E-state index contributed by atoms with van der Waals surface area (Å²) in [4.78, 5) is 16.7. The van der Waals surface area contributed by atoms with Crippen LogP contribution in [0.5, 0.6) is 0 Å². The molecule has 3 rings (SSSR count). The van der Waals surface area contributed by atoms with Crippen LogP contribution in [0.3, 0.4) is 0 Å². The molecule has 0 aliphatic carbocycles. The van der Waals surface area contributed by atoms with E-state index in [4.69, 9.17) is 0 Å². The second-order valence-electron chi connectivity index (χ2n) is 6.46. The maximum atomic E-state index is 10.1. The number of para-hydroxylation sites is 1. The predicted molar refractivity (Wildman–Crippen MR) is 110 cm³/mol. The standard InChI is InChI=1S/C14H16N2.C7H14N2O/c1-15-12-8-10-14(11-9-12)16(2)13-6-4-3-5-7-13;1-8-2-4-9(5-3-8)6-7-10/h3-11,15H,1-2H3;7H,2-6H2,1H3. The van der Waals surface area contributed by atoms with Gasteiger partial charge in [0.1, 0.15) is 6.29 Å². The summed E-state index contributed by atoms with van der Waals surface area (Å²) in [6, 6.07) is 18.7. The molecule has 2 aromatic rings. The Hall–Kier alpha value is -2.37. The van der Waals surface area contributed by atoms with Crippen molar-refractivity contribution < 1.29 is 4.79 Å². The van der Waals surface area contributed by atoms with E-state index >= 15 is 0 Å². The minimum Gasteiger partial charge on any atom is -0.388 e. The molecule has 0 bridgehead atoms. The highest BCUT2D eigenvalue weighted by atomic mass is 16.1. The number of hydrogen-bond acceptors (Lipinski definition) is 5. The van der Waals surface area contributed by atoms with Gasteiger partial charge in [-0.05, 0) is 43.4 Å². The summed E-state index contributed by atoms with van der Waals surface area (Å²) in [6.45, 7) is 4.86. The Balaban J connectivity index is 0.000000209. The lowest BCUT2D eigenvalue weighted by atomic mass is 10.2. The lowest BCUT2D eigenvalue weighted by Crippen LogP contribution is -2.44. The molecular weight excluding hydrogens is 324 g/mol. The van der Waals surface area contributed by atoms with E-state index in [0.717, 1.165) is 38.2 Å². The molecule has 0 aromatic heterocycles. The molecule has 0 unspecified atom stereocenters. The molecular formula is C21H30N4O. The van der Waals surface area contributed by atoms with Gasteiger partial charge >= 0.3 is 0 Å². The summed E-state index contributed by atoms with van der Waals surface area (Å²) in [5.41, 5.74) is 3.51. The van der Waals surface area contributed by atoms with Gasteiger partial charge in [-0.1, -0.05) is 18.2 Å². The molecule has 2 aromatic carbocycles. The highest BCUT2D eigenvalue weighted by Gasteiger charge is 2.11. The molecule has 1 saturated heterocycles. The van der Waals surface area contributed by atoms with Crippen LogP contribution in [0.4, 0.5) is 17.1 Å². The van der Waals surface area contributed by atoms with Crippen molar-refractivity contribution in [2.45, 2.75) is 0 Å². The first-order valence-corrected chi connectivity index (χ1v) is 9.05. The number of aldehydes is 1. The summed E-state index contributed by atoms with van der Waals surface area (Å²) < 4.78 is 0. The highest BCUT2D eigenvalue weighted by Crippen LogP contribution is 2.24. The van der Waals surface area contributed by atoms with Gasteiger partial charge in [0.25, 0.3) is 0 Å². The third-order valence-corrected chi connectivity index (χ3v) is 4.62. The fraction of sp³-hybridized carbons (Fsp3) is 0.381. The molecule has 0 amide bonds. The maximum Gasteiger partial charge on any atom is 0.133 e. The van der Waals surface area contributed by atoms with Crippen LogP contribution in [0.15, 0.2) is 54.6 Å². The summed E-state index contributed by atoms with van der Waals surface area (Å²) in [5.74, 6) is 0. The number of hydrogen-bond donors (Lipinski definition) is 1. The minimum absolute atomic E-state index is 0.605. The topological polar surface area (TPSA) is 38.8 Å². The van der Waals surface area contributed by atoms with E-state index in [0.29, 0.717) is 6.54 Å². The van der Waals surface area contributed by atoms with Crippen LogP contribution in [0.1, 0.15) is 0 Å². The Morgan fingerprint density at radius 3 is 2.08 bits per heavy atom. The molecule has 0 saturated carbocycles. The van der Waals surface area contributed by atoms with Crippen molar-refractivity contribution in [3.8, 4) is 0 Å². The van der Waals surface area contributed by atoms with Crippen LogP contribution >= 0.6 is 0 Å². The van der Waals surface area contributed by atoms with E-state index in [-0.39, 0.29) is 0 Å². The van der Waals surface area contributed by atoms with Gasteiger partial charge in [0, 0.05) is 57.3 Å². The first-order chi connectivity index (χ1) is 12.6. The van der Waals surface area contributed by atoms with Gasteiger partial charge in [-0.3, -0.25) is 4.90 Å². The Bertz CT molecular complexity index is 637. The molecule has 26 heavy (non-hydrogen) atoms. The van der Waals surface area contributed by atoms with E-state index < -0.39 is 0 Å². The van der Waals surface area contributed by atoms with E-state index in [9.17, 15) is 4.79 Å². The summed E-state index contributed by atoms with van der Waals surface area (Å²) in [6.07, 6.45) is 0.978. The smallest absolute Gasteiger partial charge is 0.133 e.